The molecule has 3 heterocycles. The van der Waals surface area contributed by atoms with E-state index in [2.05, 4.69) is 17.0 Å². The van der Waals surface area contributed by atoms with Gasteiger partial charge in [-0.2, -0.15) is 0 Å². The van der Waals surface area contributed by atoms with Crippen LogP contribution in [0.15, 0.2) is 12.1 Å². The predicted molar refractivity (Wildman–Crippen MR) is 115 cm³/mol. The molecule has 0 unspecified atom stereocenters. The number of rotatable bonds is 2. The van der Waals surface area contributed by atoms with Gasteiger partial charge in [0, 0.05) is 35.8 Å². The van der Waals surface area contributed by atoms with E-state index in [0.717, 1.165) is 30.2 Å². The molecule has 1 saturated heterocycles. The molecule has 166 valence electrons. The molecule has 9 heteroatoms. The Morgan fingerprint density at radius 2 is 1.90 bits per heavy atom. The normalized spacial score (nSPS) is 16.8. The van der Waals surface area contributed by atoms with Crippen LogP contribution in [-0.4, -0.2) is 50.2 Å². The molecule has 0 atom stereocenters. The van der Waals surface area contributed by atoms with Gasteiger partial charge in [-0.1, -0.05) is 6.92 Å². The summed E-state index contributed by atoms with van der Waals surface area (Å²) < 4.78 is 21.2. The maximum absolute atomic E-state index is 14.0. The molecule has 1 fully saturated rings. The number of nitrogens with two attached hydrogens (primary N) is 1. The van der Waals surface area contributed by atoms with Gasteiger partial charge < -0.3 is 15.4 Å². The van der Waals surface area contributed by atoms with Crippen molar-refractivity contribution in [2.45, 2.75) is 58.5 Å². The van der Waals surface area contributed by atoms with E-state index in [9.17, 15) is 14.0 Å². The second-order valence-electron chi connectivity index (χ2n) is 9.60. The molecule has 2 amide bonds. The highest BCUT2D eigenvalue weighted by atomic mass is 19.1. The first-order valence-electron chi connectivity index (χ1n) is 10.4. The summed E-state index contributed by atoms with van der Waals surface area (Å²) in [5, 5.41) is 3.27. The molecular weight excluding hydrogens is 401 g/mol. The topological polar surface area (TPSA) is 106 Å². The summed E-state index contributed by atoms with van der Waals surface area (Å²) in [7, 11) is 0. The molecular formula is C22H28FN5O3. The van der Waals surface area contributed by atoms with Gasteiger partial charge in [-0.15, -0.1) is 0 Å². The van der Waals surface area contributed by atoms with E-state index in [1.807, 2.05) is 27.7 Å². The number of ether oxygens (including phenoxy) is 1. The average molecular weight is 429 g/mol. The van der Waals surface area contributed by atoms with E-state index in [4.69, 9.17) is 10.5 Å². The summed E-state index contributed by atoms with van der Waals surface area (Å²) in [4.78, 5) is 30.7. The molecule has 3 N–H and O–H groups in total. The van der Waals surface area contributed by atoms with Crippen molar-refractivity contribution >= 4 is 28.7 Å². The number of benzene rings is 1. The van der Waals surface area contributed by atoms with Gasteiger partial charge in [-0.05, 0) is 46.6 Å². The maximum Gasteiger partial charge on any atom is 0.410 e. The number of fused-ring (bicyclic) bond motifs is 3. The minimum atomic E-state index is -0.711. The third-order valence-electron chi connectivity index (χ3n) is 5.98. The molecule has 4 rings (SSSR count). The highest BCUT2D eigenvalue weighted by Gasteiger charge is 2.38. The lowest BCUT2D eigenvalue weighted by molar-refractivity contribution is 0.0172. The lowest BCUT2D eigenvalue weighted by atomic mass is 9.74. The Morgan fingerprint density at radius 3 is 2.48 bits per heavy atom. The van der Waals surface area contributed by atoms with Crippen molar-refractivity contribution in [3.63, 3.8) is 0 Å². The summed E-state index contributed by atoms with van der Waals surface area (Å²) in [5.41, 5.74) is 8.18. The number of aryl methyl sites for hydroxylation is 1. The molecule has 0 spiro atoms. The van der Waals surface area contributed by atoms with Crippen LogP contribution in [0.4, 0.5) is 9.18 Å². The number of amides is 2. The third-order valence-corrected chi connectivity index (χ3v) is 5.98. The summed E-state index contributed by atoms with van der Waals surface area (Å²) in [6, 6.07) is 2.44. The molecule has 1 aliphatic rings. The van der Waals surface area contributed by atoms with Gasteiger partial charge in [0.1, 0.15) is 16.9 Å². The van der Waals surface area contributed by atoms with Crippen molar-refractivity contribution in [2.24, 2.45) is 5.73 Å². The van der Waals surface area contributed by atoms with Crippen LogP contribution >= 0.6 is 0 Å². The lowest BCUT2D eigenvalue weighted by Gasteiger charge is -2.39. The Kier molecular flexibility index (Phi) is 4.75. The van der Waals surface area contributed by atoms with Crippen LogP contribution in [0.3, 0.4) is 0 Å². The van der Waals surface area contributed by atoms with Crippen LogP contribution in [0.2, 0.25) is 0 Å². The molecule has 0 radical (unpaired) electrons. The number of piperidine rings is 1. The summed E-state index contributed by atoms with van der Waals surface area (Å²) >= 11 is 0. The van der Waals surface area contributed by atoms with E-state index < -0.39 is 17.3 Å². The van der Waals surface area contributed by atoms with Crippen LogP contribution in [0, 0.1) is 12.7 Å². The minimum Gasteiger partial charge on any atom is -0.444 e. The zero-order chi connectivity index (χ0) is 22.7. The van der Waals surface area contributed by atoms with E-state index >= 15 is 0 Å². The third kappa shape index (κ3) is 3.62. The molecule has 1 aliphatic heterocycles. The second-order valence-corrected chi connectivity index (χ2v) is 9.60. The fourth-order valence-electron chi connectivity index (χ4n) is 4.51. The van der Waals surface area contributed by atoms with Crippen molar-refractivity contribution in [3.05, 3.63) is 34.8 Å². The number of carbonyl (C=O) groups is 2. The smallest absolute Gasteiger partial charge is 0.410 e. The number of H-pyrrole nitrogens is 1. The van der Waals surface area contributed by atoms with E-state index in [1.165, 1.54) is 6.07 Å². The van der Waals surface area contributed by atoms with E-state index in [0.29, 0.717) is 29.8 Å². The lowest BCUT2D eigenvalue weighted by Crippen LogP contribution is -2.46. The molecule has 0 saturated carbocycles. The monoisotopic (exact) mass is 429 g/mol. The Morgan fingerprint density at radius 1 is 1.26 bits per heavy atom. The van der Waals surface area contributed by atoms with Crippen molar-refractivity contribution < 1.29 is 18.7 Å². The second kappa shape index (κ2) is 6.96. The first-order valence-corrected chi connectivity index (χ1v) is 10.4. The number of likely N-dealkylation sites (tertiary alicyclic amines) is 1. The number of aromatic nitrogens is 3. The molecule has 0 bridgehead atoms. The minimum absolute atomic E-state index is 0.0835. The Bertz CT molecular complexity index is 1200. The van der Waals surface area contributed by atoms with Crippen LogP contribution < -0.4 is 5.73 Å². The standard InChI is InChI=1S/C22H28FN5O3/c1-12-16(22(5)6-8-27(9-7-22)20(30)31-21(2,3)4)19-25-15-11-13(23)10-14(18(24)29)17(15)28(19)26-12/h10-11,26H,6-9H2,1-5H3,(H2,24,29). The first-order chi connectivity index (χ1) is 14.4. The number of imidazole rings is 1. The zero-order valence-corrected chi connectivity index (χ0v) is 18.5. The Labute approximate surface area is 179 Å². The molecule has 1 aromatic carbocycles. The fourth-order valence-corrected chi connectivity index (χ4v) is 4.51. The number of nitrogens with one attached hydrogen (secondary N) is 1. The first kappa shape index (κ1) is 21.1. The van der Waals surface area contributed by atoms with Crippen molar-refractivity contribution in [1.82, 2.24) is 19.5 Å². The van der Waals surface area contributed by atoms with E-state index in [1.54, 1.807) is 9.42 Å². The van der Waals surface area contributed by atoms with Gasteiger partial charge in [0.05, 0.1) is 11.1 Å². The number of aromatic amines is 1. The summed E-state index contributed by atoms with van der Waals surface area (Å²) in [6.45, 7) is 10.8. The number of halogens is 1. The molecule has 3 aromatic rings. The van der Waals surface area contributed by atoms with Crippen LogP contribution in [0.1, 0.15) is 62.2 Å². The van der Waals surface area contributed by atoms with E-state index in [-0.39, 0.29) is 17.1 Å². The van der Waals surface area contributed by atoms with Gasteiger partial charge in [-0.25, -0.2) is 18.7 Å². The van der Waals surface area contributed by atoms with Crippen molar-refractivity contribution in [1.29, 1.82) is 0 Å². The average Bonchev–Trinajstić information content (AvgIpc) is 3.13. The highest BCUT2D eigenvalue weighted by molar-refractivity contribution is 6.05. The molecule has 8 nitrogen and oxygen atoms in total. The SMILES string of the molecule is Cc1[nH]n2c(nc3cc(F)cc(C(N)=O)c32)c1C1(C)CCN(C(=O)OC(C)(C)C)CC1. The molecule has 31 heavy (non-hydrogen) atoms. The van der Waals surface area contributed by atoms with Gasteiger partial charge >= 0.3 is 6.09 Å². The maximum atomic E-state index is 14.0. The van der Waals surface area contributed by atoms with Crippen LogP contribution in [0.5, 0.6) is 0 Å². The van der Waals surface area contributed by atoms with Crippen LogP contribution in [-0.2, 0) is 10.2 Å². The Balaban J connectivity index is 1.72. The van der Waals surface area contributed by atoms with Crippen LogP contribution in [0.25, 0.3) is 16.7 Å². The van der Waals surface area contributed by atoms with Gasteiger partial charge in [0.25, 0.3) is 5.91 Å². The van der Waals surface area contributed by atoms with Gasteiger partial charge in [0.15, 0.2) is 5.65 Å². The van der Waals surface area contributed by atoms with Crippen molar-refractivity contribution in [3.8, 4) is 0 Å². The number of hydrogen-bond donors (Lipinski definition) is 2. The molecule has 2 aromatic heterocycles. The Hall–Kier alpha value is -3.10. The largest absolute Gasteiger partial charge is 0.444 e. The summed E-state index contributed by atoms with van der Waals surface area (Å²) in [5.74, 6) is -1.27. The highest BCUT2D eigenvalue weighted by Crippen LogP contribution is 2.40. The number of nitrogens with zero attached hydrogens (tertiary/aromatic N) is 3. The predicted octanol–water partition coefficient (Wildman–Crippen LogP) is 3.65. The number of primary amides is 1. The fraction of sp³-hybridized carbons (Fsp3) is 0.500. The van der Waals surface area contributed by atoms with Gasteiger partial charge in [-0.3, -0.25) is 9.89 Å². The summed E-state index contributed by atoms with van der Waals surface area (Å²) in [6.07, 6.45) is 1.14. The van der Waals surface area contributed by atoms with Gasteiger partial charge in [0.2, 0.25) is 0 Å². The number of carbonyl (C=O) groups excluding carboxylic acids is 2. The molecule has 0 aliphatic carbocycles. The zero-order valence-electron chi connectivity index (χ0n) is 18.5. The van der Waals surface area contributed by atoms with Crippen molar-refractivity contribution in [2.75, 3.05) is 13.1 Å². The number of hydrogen-bond acceptors (Lipinski definition) is 4. The quantitative estimate of drug-likeness (QED) is 0.648.